The first-order chi connectivity index (χ1) is 8.69. The zero-order valence-corrected chi connectivity index (χ0v) is 11.4. The molecule has 0 aliphatic carbocycles. The van der Waals surface area contributed by atoms with Crippen LogP contribution in [-0.2, 0) is 0 Å². The fourth-order valence-corrected chi connectivity index (χ4v) is 1.79. The van der Waals surface area contributed by atoms with Crippen LogP contribution in [0.25, 0.3) is 0 Å². The number of nitrogens with zero attached hydrogens (tertiary/aromatic N) is 2. The van der Waals surface area contributed by atoms with Crippen LogP contribution < -0.4 is 10.6 Å². The lowest BCUT2D eigenvalue weighted by Crippen LogP contribution is -2.27. The maximum atomic E-state index is 7.45. The molecular weight excluding hydrogens is 224 g/mol. The van der Waals surface area contributed by atoms with Crippen LogP contribution in [0.3, 0.4) is 0 Å². The summed E-state index contributed by atoms with van der Waals surface area (Å²) in [7, 11) is 0. The molecule has 100 valence electrons. The van der Waals surface area contributed by atoms with Crippen molar-refractivity contribution in [1.82, 2.24) is 4.98 Å². The van der Waals surface area contributed by atoms with Gasteiger partial charge in [-0.15, -0.1) is 0 Å². The summed E-state index contributed by atoms with van der Waals surface area (Å²) in [6.07, 6.45) is 4.68. The molecular formula is C14H24N4. The van der Waals surface area contributed by atoms with E-state index in [4.69, 9.17) is 11.1 Å². The molecule has 0 bridgehead atoms. The third kappa shape index (κ3) is 4.35. The maximum Gasteiger partial charge on any atom is 0.141 e. The number of nitrogens with two attached hydrogens (primary N) is 1. The highest BCUT2D eigenvalue weighted by atomic mass is 15.2. The lowest BCUT2D eigenvalue weighted by atomic mass is 10.2. The monoisotopic (exact) mass is 248 g/mol. The van der Waals surface area contributed by atoms with E-state index >= 15 is 0 Å². The van der Waals surface area contributed by atoms with Gasteiger partial charge in [0, 0.05) is 13.1 Å². The van der Waals surface area contributed by atoms with E-state index in [9.17, 15) is 0 Å². The molecule has 0 fully saturated rings. The van der Waals surface area contributed by atoms with Gasteiger partial charge < -0.3 is 10.6 Å². The summed E-state index contributed by atoms with van der Waals surface area (Å²) in [4.78, 5) is 6.75. The smallest absolute Gasteiger partial charge is 0.141 e. The molecule has 0 aromatic carbocycles. The Labute approximate surface area is 110 Å². The Hall–Kier alpha value is -1.58. The normalized spacial score (nSPS) is 10.3. The number of pyridine rings is 1. The lowest BCUT2D eigenvalue weighted by Gasteiger charge is -2.23. The van der Waals surface area contributed by atoms with Crippen LogP contribution in [-0.4, -0.2) is 23.9 Å². The van der Waals surface area contributed by atoms with Crippen molar-refractivity contribution in [1.29, 1.82) is 5.41 Å². The quantitative estimate of drug-likeness (QED) is 0.549. The van der Waals surface area contributed by atoms with Crippen molar-refractivity contribution in [3.8, 4) is 0 Å². The molecule has 1 aromatic heterocycles. The van der Waals surface area contributed by atoms with Crippen molar-refractivity contribution in [2.75, 3.05) is 18.0 Å². The molecule has 0 aliphatic heterocycles. The summed E-state index contributed by atoms with van der Waals surface area (Å²) in [5.74, 6) is 0.965. The van der Waals surface area contributed by atoms with Crippen LogP contribution >= 0.6 is 0 Å². The first-order valence-electron chi connectivity index (χ1n) is 6.75. The molecule has 0 saturated carbocycles. The molecule has 0 amide bonds. The average Bonchev–Trinajstić information content (AvgIpc) is 2.39. The second-order valence-electron chi connectivity index (χ2n) is 4.49. The number of nitrogen functional groups attached to an aromatic ring is 1. The fraction of sp³-hybridized carbons (Fsp3) is 0.571. The average molecular weight is 248 g/mol. The number of amidine groups is 1. The largest absolute Gasteiger partial charge is 0.382 e. The van der Waals surface area contributed by atoms with Gasteiger partial charge in [-0.05, 0) is 25.0 Å². The fourth-order valence-electron chi connectivity index (χ4n) is 1.79. The summed E-state index contributed by atoms with van der Waals surface area (Å²) in [5, 5.41) is 7.45. The van der Waals surface area contributed by atoms with Gasteiger partial charge in [-0.1, -0.05) is 32.8 Å². The van der Waals surface area contributed by atoms with Crippen molar-refractivity contribution in [3.63, 3.8) is 0 Å². The second kappa shape index (κ2) is 7.69. The minimum atomic E-state index is 0.0304. The van der Waals surface area contributed by atoms with Crippen molar-refractivity contribution in [3.05, 3.63) is 23.9 Å². The summed E-state index contributed by atoms with van der Waals surface area (Å²) >= 11 is 0. The molecule has 1 rings (SSSR count). The third-order valence-corrected chi connectivity index (χ3v) is 2.90. The van der Waals surface area contributed by atoms with Gasteiger partial charge in [0.15, 0.2) is 0 Å². The minimum absolute atomic E-state index is 0.0304. The van der Waals surface area contributed by atoms with Gasteiger partial charge in [0.05, 0.1) is 0 Å². The van der Waals surface area contributed by atoms with Gasteiger partial charge in [0.2, 0.25) is 0 Å². The number of hydrogen-bond acceptors (Lipinski definition) is 3. The number of unbranched alkanes of at least 4 members (excludes halogenated alkanes) is 2. The lowest BCUT2D eigenvalue weighted by molar-refractivity contribution is 0.671. The highest BCUT2D eigenvalue weighted by molar-refractivity contribution is 5.93. The van der Waals surface area contributed by atoms with Crippen molar-refractivity contribution < 1.29 is 0 Å². The van der Waals surface area contributed by atoms with E-state index in [-0.39, 0.29) is 5.84 Å². The molecule has 18 heavy (non-hydrogen) atoms. The van der Waals surface area contributed by atoms with Crippen LogP contribution in [0.1, 0.15) is 45.2 Å². The Morgan fingerprint density at radius 3 is 2.33 bits per heavy atom. The molecule has 0 radical (unpaired) electrons. The Balaban J connectivity index is 2.82. The first-order valence-corrected chi connectivity index (χ1v) is 6.75. The highest BCUT2D eigenvalue weighted by Crippen LogP contribution is 2.13. The topological polar surface area (TPSA) is 66.0 Å². The Morgan fingerprint density at radius 1 is 1.22 bits per heavy atom. The number of anilines is 1. The number of aromatic nitrogens is 1. The predicted octanol–water partition coefficient (Wildman–Crippen LogP) is 2.77. The molecule has 0 spiro atoms. The van der Waals surface area contributed by atoms with Crippen LogP contribution in [0.15, 0.2) is 18.2 Å². The van der Waals surface area contributed by atoms with E-state index < -0.39 is 0 Å². The van der Waals surface area contributed by atoms with E-state index in [0.717, 1.165) is 31.7 Å². The van der Waals surface area contributed by atoms with E-state index in [1.165, 1.54) is 12.8 Å². The predicted molar refractivity (Wildman–Crippen MR) is 77.3 cm³/mol. The zero-order valence-electron chi connectivity index (χ0n) is 11.4. The Bertz CT molecular complexity index is 368. The zero-order chi connectivity index (χ0) is 13.4. The minimum Gasteiger partial charge on any atom is -0.382 e. The summed E-state index contributed by atoms with van der Waals surface area (Å²) in [6, 6.07) is 5.70. The summed E-state index contributed by atoms with van der Waals surface area (Å²) in [6.45, 7) is 6.42. The molecule has 0 saturated heterocycles. The summed E-state index contributed by atoms with van der Waals surface area (Å²) in [5.41, 5.74) is 6.05. The SMILES string of the molecule is CCCCN(CCCC)c1cccc(C(=N)N)n1. The number of nitrogens with one attached hydrogen (secondary N) is 1. The van der Waals surface area contributed by atoms with Crippen LogP contribution in [0.2, 0.25) is 0 Å². The molecule has 4 nitrogen and oxygen atoms in total. The standard InChI is InChI=1S/C14H24N4/c1-3-5-10-18(11-6-4-2)13-9-7-8-12(17-13)14(15)16/h7-9H,3-6,10-11H2,1-2H3,(H3,15,16). The van der Waals surface area contributed by atoms with Crippen LogP contribution in [0.5, 0.6) is 0 Å². The Kier molecular flexibility index (Phi) is 6.19. The van der Waals surface area contributed by atoms with Crippen molar-refractivity contribution in [2.45, 2.75) is 39.5 Å². The van der Waals surface area contributed by atoms with E-state index in [1.807, 2.05) is 12.1 Å². The number of rotatable bonds is 8. The van der Waals surface area contributed by atoms with Crippen LogP contribution in [0.4, 0.5) is 5.82 Å². The summed E-state index contributed by atoms with van der Waals surface area (Å²) < 4.78 is 0. The van der Waals surface area contributed by atoms with Gasteiger partial charge in [-0.2, -0.15) is 0 Å². The molecule has 0 aliphatic rings. The van der Waals surface area contributed by atoms with Crippen molar-refractivity contribution in [2.24, 2.45) is 5.73 Å². The third-order valence-electron chi connectivity index (χ3n) is 2.90. The highest BCUT2D eigenvalue weighted by Gasteiger charge is 2.08. The van der Waals surface area contributed by atoms with Crippen molar-refractivity contribution >= 4 is 11.7 Å². The van der Waals surface area contributed by atoms with E-state index in [0.29, 0.717) is 5.69 Å². The van der Waals surface area contributed by atoms with Gasteiger partial charge in [0.1, 0.15) is 17.3 Å². The van der Waals surface area contributed by atoms with Gasteiger partial charge >= 0.3 is 0 Å². The molecule has 1 heterocycles. The molecule has 4 heteroatoms. The molecule has 0 atom stereocenters. The first kappa shape index (κ1) is 14.5. The van der Waals surface area contributed by atoms with E-state index in [1.54, 1.807) is 6.07 Å². The molecule has 1 aromatic rings. The van der Waals surface area contributed by atoms with Crippen LogP contribution in [0, 0.1) is 5.41 Å². The van der Waals surface area contributed by atoms with E-state index in [2.05, 4.69) is 23.7 Å². The molecule has 0 unspecified atom stereocenters. The second-order valence-corrected chi connectivity index (χ2v) is 4.49. The molecule has 3 N–H and O–H groups in total. The van der Waals surface area contributed by atoms with Gasteiger partial charge in [0.25, 0.3) is 0 Å². The number of hydrogen-bond donors (Lipinski definition) is 2. The van der Waals surface area contributed by atoms with Gasteiger partial charge in [-0.3, -0.25) is 5.41 Å². The maximum absolute atomic E-state index is 7.45. The van der Waals surface area contributed by atoms with Gasteiger partial charge in [-0.25, -0.2) is 4.98 Å². The Morgan fingerprint density at radius 2 is 1.83 bits per heavy atom.